The van der Waals surface area contributed by atoms with Crippen LogP contribution in [0.25, 0.3) is 0 Å². The Kier molecular flexibility index (Phi) is 10.5. The van der Waals surface area contributed by atoms with Gasteiger partial charge in [0.15, 0.2) is 18.3 Å². The third kappa shape index (κ3) is 7.15. The summed E-state index contributed by atoms with van der Waals surface area (Å²) in [6.45, 7) is 4.61. The van der Waals surface area contributed by atoms with Gasteiger partial charge in [-0.15, -0.1) is 0 Å². The normalized spacial score (nSPS) is 22.3. The maximum absolute atomic E-state index is 12.3. The molecular weight excluding hydrogens is 568 g/mol. The molecule has 1 heterocycles. The minimum Gasteiger partial charge on any atom is -0.481 e. The molecule has 44 heavy (non-hydrogen) atoms. The summed E-state index contributed by atoms with van der Waals surface area (Å²) >= 11 is 0. The molecule has 6 unspecified atom stereocenters. The van der Waals surface area contributed by atoms with Crippen LogP contribution < -0.4 is 0 Å². The SMILES string of the molecule is CC(=O)OC1C(COC(c2ccccc2)(c2ccccc2)c2ccccc2)OC(C(C)C(=O)O)C(OC(C)=O)C1OC(C)=O. The van der Waals surface area contributed by atoms with Gasteiger partial charge in [0.25, 0.3) is 0 Å². The third-order valence-electron chi connectivity index (χ3n) is 7.46. The number of carbonyl (C=O) groups excluding carboxylic acids is 3. The first kappa shape index (κ1) is 32.4. The van der Waals surface area contributed by atoms with Crippen LogP contribution in [0.2, 0.25) is 0 Å². The molecular formula is C34H36O10. The van der Waals surface area contributed by atoms with E-state index < -0.39 is 65.9 Å². The number of benzene rings is 3. The number of hydrogen-bond donors (Lipinski definition) is 1. The van der Waals surface area contributed by atoms with Crippen molar-refractivity contribution in [2.45, 2.75) is 63.8 Å². The van der Waals surface area contributed by atoms with E-state index in [-0.39, 0.29) is 6.61 Å². The summed E-state index contributed by atoms with van der Waals surface area (Å²) in [4.78, 5) is 48.9. The van der Waals surface area contributed by atoms with Crippen molar-refractivity contribution in [1.82, 2.24) is 0 Å². The number of esters is 3. The Balaban J connectivity index is 1.85. The highest BCUT2D eigenvalue weighted by molar-refractivity contribution is 5.71. The van der Waals surface area contributed by atoms with E-state index in [0.717, 1.165) is 30.5 Å². The van der Waals surface area contributed by atoms with Gasteiger partial charge < -0.3 is 28.8 Å². The molecule has 0 aromatic heterocycles. The predicted octanol–water partition coefficient (Wildman–Crippen LogP) is 4.28. The number of carbonyl (C=O) groups is 4. The van der Waals surface area contributed by atoms with Crippen molar-refractivity contribution < 1.29 is 48.0 Å². The summed E-state index contributed by atoms with van der Waals surface area (Å²) in [6, 6.07) is 28.6. The van der Waals surface area contributed by atoms with Crippen LogP contribution in [0, 0.1) is 5.92 Å². The molecule has 1 saturated heterocycles. The van der Waals surface area contributed by atoms with E-state index >= 15 is 0 Å². The fraction of sp³-hybridized carbons (Fsp3) is 0.353. The first-order valence-electron chi connectivity index (χ1n) is 14.2. The average Bonchev–Trinajstić information content (AvgIpc) is 3.00. The van der Waals surface area contributed by atoms with Gasteiger partial charge in [0.05, 0.1) is 12.5 Å². The molecule has 0 aliphatic carbocycles. The largest absolute Gasteiger partial charge is 0.481 e. The molecule has 4 rings (SSSR count). The maximum atomic E-state index is 12.3. The van der Waals surface area contributed by atoms with Crippen LogP contribution >= 0.6 is 0 Å². The van der Waals surface area contributed by atoms with Crippen LogP contribution in [-0.4, -0.2) is 66.1 Å². The van der Waals surface area contributed by atoms with E-state index in [1.165, 1.54) is 13.8 Å². The number of ether oxygens (including phenoxy) is 5. The highest BCUT2D eigenvalue weighted by Gasteiger charge is 2.55. The predicted molar refractivity (Wildman–Crippen MR) is 157 cm³/mol. The average molecular weight is 605 g/mol. The quantitative estimate of drug-likeness (QED) is 0.192. The molecule has 0 radical (unpaired) electrons. The minimum absolute atomic E-state index is 0.246. The molecule has 0 amide bonds. The third-order valence-corrected chi connectivity index (χ3v) is 7.46. The van der Waals surface area contributed by atoms with Gasteiger partial charge in [0.2, 0.25) is 0 Å². The molecule has 232 valence electrons. The fourth-order valence-corrected chi connectivity index (χ4v) is 5.58. The second kappa shape index (κ2) is 14.3. The van der Waals surface area contributed by atoms with Crippen LogP contribution in [0.1, 0.15) is 44.4 Å². The Morgan fingerprint density at radius 1 is 0.682 bits per heavy atom. The van der Waals surface area contributed by atoms with Gasteiger partial charge >= 0.3 is 23.9 Å². The molecule has 3 aromatic rings. The van der Waals surface area contributed by atoms with Crippen LogP contribution in [0.15, 0.2) is 91.0 Å². The Morgan fingerprint density at radius 2 is 1.07 bits per heavy atom. The Hall–Kier alpha value is -4.54. The summed E-state index contributed by atoms with van der Waals surface area (Å²) in [7, 11) is 0. The number of hydrogen-bond acceptors (Lipinski definition) is 9. The van der Waals surface area contributed by atoms with E-state index in [1.807, 2.05) is 91.0 Å². The van der Waals surface area contributed by atoms with Crippen LogP contribution in [0.5, 0.6) is 0 Å². The summed E-state index contributed by atoms with van der Waals surface area (Å²) < 4.78 is 29.9. The standard InChI is InChI=1S/C34H36O10/c1-21(33(38)39)29-31(42-23(3)36)32(43-24(4)37)30(41-22(2)35)28(44-29)20-40-34(25-14-8-5-9-15-25,26-16-10-6-11-17-26)27-18-12-7-13-19-27/h5-19,21,28-32H,20H2,1-4H3,(H,38,39). The van der Waals surface area contributed by atoms with Crippen molar-refractivity contribution in [1.29, 1.82) is 0 Å². The molecule has 10 heteroatoms. The zero-order chi connectivity index (χ0) is 31.9. The van der Waals surface area contributed by atoms with Crippen LogP contribution in [0.4, 0.5) is 0 Å². The van der Waals surface area contributed by atoms with Crippen LogP contribution in [0.3, 0.4) is 0 Å². The number of aliphatic carboxylic acids is 1. The Labute approximate surface area is 255 Å². The lowest BCUT2D eigenvalue weighted by Gasteiger charge is -2.46. The zero-order valence-electron chi connectivity index (χ0n) is 25.0. The van der Waals surface area contributed by atoms with Gasteiger partial charge in [-0.2, -0.15) is 0 Å². The van der Waals surface area contributed by atoms with E-state index in [0.29, 0.717) is 0 Å². The van der Waals surface area contributed by atoms with Crippen molar-refractivity contribution in [2.75, 3.05) is 6.61 Å². The van der Waals surface area contributed by atoms with Gasteiger partial charge in [0, 0.05) is 20.8 Å². The Morgan fingerprint density at radius 3 is 1.45 bits per heavy atom. The lowest BCUT2D eigenvalue weighted by molar-refractivity contribution is -0.264. The van der Waals surface area contributed by atoms with Crippen molar-refractivity contribution in [3.63, 3.8) is 0 Å². The molecule has 1 aliphatic heterocycles. The number of carboxylic acids is 1. The van der Waals surface area contributed by atoms with E-state index in [9.17, 15) is 24.3 Å². The Bertz CT molecular complexity index is 1330. The fourth-order valence-electron chi connectivity index (χ4n) is 5.58. The van der Waals surface area contributed by atoms with Gasteiger partial charge in [-0.25, -0.2) is 0 Å². The summed E-state index contributed by atoms with van der Waals surface area (Å²) in [5, 5.41) is 9.91. The highest BCUT2D eigenvalue weighted by Crippen LogP contribution is 2.42. The van der Waals surface area contributed by atoms with Crippen molar-refractivity contribution >= 4 is 23.9 Å². The van der Waals surface area contributed by atoms with E-state index in [1.54, 1.807) is 0 Å². The van der Waals surface area contributed by atoms with Crippen LogP contribution in [-0.2, 0) is 48.5 Å². The first-order chi connectivity index (χ1) is 21.0. The van der Waals surface area contributed by atoms with Gasteiger partial charge in [-0.1, -0.05) is 91.0 Å². The molecule has 0 bridgehead atoms. The summed E-state index contributed by atoms with van der Waals surface area (Å²) in [5.41, 5.74) is 1.19. The van der Waals surface area contributed by atoms with Crippen molar-refractivity contribution in [2.24, 2.45) is 5.92 Å². The zero-order valence-corrected chi connectivity index (χ0v) is 25.0. The lowest BCUT2D eigenvalue weighted by atomic mass is 9.80. The smallest absolute Gasteiger partial charge is 0.309 e. The summed E-state index contributed by atoms with van der Waals surface area (Å²) in [6.07, 6.45) is -6.49. The molecule has 0 spiro atoms. The summed E-state index contributed by atoms with van der Waals surface area (Å²) in [5.74, 6) is -4.66. The molecule has 10 nitrogen and oxygen atoms in total. The lowest BCUT2D eigenvalue weighted by Crippen LogP contribution is -2.64. The van der Waals surface area contributed by atoms with Gasteiger partial charge in [-0.3, -0.25) is 19.2 Å². The second-order valence-electron chi connectivity index (χ2n) is 10.6. The van der Waals surface area contributed by atoms with E-state index in [4.69, 9.17) is 23.7 Å². The second-order valence-corrected chi connectivity index (χ2v) is 10.6. The minimum atomic E-state index is -1.38. The number of rotatable bonds is 11. The van der Waals surface area contributed by atoms with E-state index in [2.05, 4.69) is 0 Å². The molecule has 1 N–H and O–H groups in total. The van der Waals surface area contributed by atoms with Crippen molar-refractivity contribution in [3.8, 4) is 0 Å². The topological polar surface area (TPSA) is 135 Å². The maximum Gasteiger partial charge on any atom is 0.309 e. The number of carboxylic acid groups (broad SMARTS) is 1. The monoisotopic (exact) mass is 604 g/mol. The molecule has 3 aromatic carbocycles. The van der Waals surface area contributed by atoms with Crippen molar-refractivity contribution in [3.05, 3.63) is 108 Å². The molecule has 0 saturated carbocycles. The highest BCUT2D eigenvalue weighted by atomic mass is 16.7. The molecule has 1 aliphatic rings. The molecule has 6 atom stereocenters. The molecule has 1 fully saturated rings. The first-order valence-corrected chi connectivity index (χ1v) is 14.2. The van der Waals surface area contributed by atoms with Gasteiger partial charge in [0.1, 0.15) is 17.8 Å². The van der Waals surface area contributed by atoms with Gasteiger partial charge in [-0.05, 0) is 23.6 Å².